The summed E-state index contributed by atoms with van der Waals surface area (Å²) < 4.78 is 0.930. The summed E-state index contributed by atoms with van der Waals surface area (Å²) in [5.41, 5.74) is 0.600. The van der Waals surface area contributed by atoms with E-state index < -0.39 is 0 Å². The summed E-state index contributed by atoms with van der Waals surface area (Å²) in [6.07, 6.45) is 3.32. The molecule has 0 aliphatic carbocycles. The van der Waals surface area contributed by atoms with Crippen molar-refractivity contribution in [3.05, 3.63) is 34.3 Å². The summed E-state index contributed by atoms with van der Waals surface area (Å²) >= 11 is 3.29. The van der Waals surface area contributed by atoms with Crippen LogP contribution in [0.3, 0.4) is 0 Å². The highest BCUT2D eigenvalue weighted by Crippen LogP contribution is 2.12. The predicted molar refractivity (Wildman–Crippen MR) is 103 cm³/mol. The molecule has 0 aromatic heterocycles. The van der Waals surface area contributed by atoms with Crippen molar-refractivity contribution >= 4 is 39.1 Å². The Morgan fingerprint density at radius 1 is 0.760 bits per heavy atom. The Balaban J connectivity index is 0.000000504. The Morgan fingerprint density at radius 3 is 1.68 bits per heavy atom. The second kappa shape index (κ2) is 13.6. The molecule has 0 fully saturated rings. The Labute approximate surface area is 158 Å². The van der Waals surface area contributed by atoms with E-state index in [0.29, 0.717) is 24.8 Å². The second-order valence-corrected chi connectivity index (χ2v) is 6.67. The van der Waals surface area contributed by atoms with Crippen molar-refractivity contribution in [2.75, 3.05) is 0 Å². The molecule has 1 aromatic rings. The third kappa shape index (κ3) is 11.5. The SMILES string of the molecule is CCCC(=O)CC(=O)CC.CCCC(=O)CC(=O)c1ccc(Br)cc1. The zero-order chi connectivity index (χ0) is 19.2. The van der Waals surface area contributed by atoms with Gasteiger partial charge >= 0.3 is 0 Å². The molecule has 0 N–H and O–H groups in total. The van der Waals surface area contributed by atoms with Gasteiger partial charge in [0, 0.05) is 29.3 Å². The molecule has 1 rings (SSSR count). The highest BCUT2D eigenvalue weighted by Gasteiger charge is 2.10. The zero-order valence-electron chi connectivity index (χ0n) is 15.3. The molecule has 0 amide bonds. The fourth-order valence-corrected chi connectivity index (χ4v) is 2.26. The number of benzene rings is 1. The van der Waals surface area contributed by atoms with Crippen LogP contribution in [-0.4, -0.2) is 23.1 Å². The van der Waals surface area contributed by atoms with E-state index in [1.54, 1.807) is 31.2 Å². The zero-order valence-corrected chi connectivity index (χ0v) is 16.9. The van der Waals surface area contributed by atoms with Crippen molar-refractivity contribution in [1.29, 1.82) is 0 Å². The van der Waals surface area contributed by atoms with Gasteiger partial charge in [-0.15, -0.1) is 0 Å². The maximum atomic E-state index is 11.6. The second-order valence-electron chi connectivity index (χ2n) is 5.75. The van der Waals surface area contributed by atoms with E-state index in [9.17, 15) is 19.2 Å². The van der Waals surface area contributed by atoms with Crippen LogP contribution in [0.1, 0.15) is 76.1 Å². The Hall–Kier alpha value is -1.62. The maximum Gasteiger partial charge on any atom is 0.170 e. The lowest BCUT2D eigenvalue weighted by molar-refractivity contribution is -0.127. The third-order valence-corrected chi connectivity index (χ3v) is 3.90. The first-order valence-corrected chi connectivity index (χ1v) is 9.47. The van der Waals surface area contributed by atoms with E-state index in [0.717, 1.165) is 17.3 Å². The van der Waals surface area contributed by atoms with E-state index in [1.165, 1.54) is 0 Å². The topological polar surface area (TPSA) is 68.3 Å². The van der Waals surface area contributed by atoms with Gasteiger partial charge in [-0.2, -0.15) is 0 Å². The van der Waals surface area contributed by atoms with E-state index in [-0.39, 0.29) is 36.0 Å². The van der Waals surface area contributed by atoms with Gasteiger partial charge in [-0.1, -0.05) is 48.8 Å². The first-order chi connectivity index (χ1) is 11.8. The molecule has 5 heteroatoms. The van der Waals surface area contributed by atoms with Crippen molar-refractivity contribution in [3.8, 4) is 0 Å². The van der Waals surface area contributed by atoms with Gasteiger partial charge in [-0.25, -0.2) is 0 Å². The van der Waals surface area contributed by atoms with Gasteiger partial charge in [-0.3, -0.25) is 19.2 Å². The third-order valence-electron chi connectivity index (χ3n) is 3.37. The maximum absolute atomic E-state index is 11.6. The number of rotatable bonds is 10. The molecule has 1 aromatic carbocycles. The molecular formula is C20H27BrO4. The van der Waals surface area contributed by atoms with Gasteiger partial charge in [0.2, 0.25) is 0 Å². The average molecular weight is 411 g/mol. The fraction of sp³-hybridized carbons (Fsp3) is 0.500. The van der Waals surface area contributed by atoms with Crippen LogP contribution in [0, 0.1) is 0 Å². The van der Waals surface area contributed by atoms with Crippen molar-refractivity contribution in [3.63, 3.8) is 0 Å². The summed E-state index contributed by atoms with van der Waals surface area (Å²) in [5.74, 6) is 0.0548. The normalized spacial score (nSPS) is 9.76. The lowest BCUT2D eigenvalue weighted by atomic mass is 10.0. The molecule has 25 heavy (non-hydrogen) atoms. The molecule has 138 valence electrons. The first-order valence-electron chi connectivity index (χ1n) is 8.67. The van der Waals surface area contributed by atoms with Gasteiger partial charge in [0.05, 0.1) is 12.8 Å². The fourth-order valence-electron chi connectivity index (χ4n) is 2.00. The van der Waals surface area contributed by atoms with E-state index in [1.807, 2.05) is 13.8 Å². The van der Waals surface area contributed by atoms with Gasteiger partial charge in [0.1, 0.15) is 17.3 Å². The minimum Gasteiger partial charge on any atom is -0.299 e. The smallest absolute Gasteiger partial charge is 0.170 e. The van der Waals surface area contributed by atoms with Gasteiger partial charge in [-0.05, 0) is 25.0 Å². The molecule has 0 saturated carbocycles. The van der Waals surface area contributed by atoms with Crippen molar-refractivity contribution in [1.82, 2.24) is 0 Å². The molecule has 0 aliphatic heterocycles. The molecular weight excluding hydrogens is 384 g/mol. The number of halogens is 1. The Kier molecular flexibility index (Phi) is 12.8. The van der Waals surface area contributed by atoms with Gasteiger partial charge in [0.25, 0.3) is 0 Å². The molecule has 0 saturated heterocycles. The Morgan fingerprint density at radius 2 is 1.24 bits per heavy atom. The summed E-state index contributed by atoms with van der Waals surface area (Å²) in [5, 5.41) is 0. The van der Waals surface area contributed by atoms with E-state index in [2.05, 4.69) is 15.9 Å². The van der Waals surface area contributed by atoms with E-state index >= 15 is 0 Å². The highest BCUT2D eigenvalue weighted by molar-refractivity contribution is 9.10. The van der Waals surface area contributed by atoms with Crippen molar-refractivity contribution in [2.45, 2.75) is 65.7 Å². The number of carbonyl (C=O) groups is 4. The quantitative estimate of drug-likeness (QED) is 0.396. The van der Waals surface area contributed by atoms with Crippen LogP contribution >= 0.6 is 15.9 Å². The summed E-state index contributed by atoms with van der Waals surface area (Å²) in [7, 11) is 0. The molecule has 0 aliphatic rings. The number of ketones is 4. The van der Waals surface area contributed by atoms with Crippen LogP contribution in [0.5, 0.6) is 0 Å². The number of Topliss-reactive ketones (excluding diaryl/α,β-unsaturated/α-hetero) is 4. The van der Waals surface area contributed by atoms with Crippen LogP contribution < -0.4 is 0 Å². The molecule has 0 bridgehead atoms. The van der Waals surface area contributed by atoms with Crippen LogP contribution in [-0.2, 0) is 14.4 Å². The number of hydrogen-bond acceptors (Lipinski definition) is 4. The minimum absolute atomic E-state index is 0.0189. The monoisotopic (exact) mass is 410 g/mol. The molecule has 4 nitrogen and oxygen atoms in total. The lowest BCUT2D eigenvalue weighted by Gasteiger charge is -2.00. The molecule has 0 spiro atoms. The summed E-state index contributed by atoms with van der Waals surface area (Å²) in [6, 6.07) is 7.06. The van der Waals surface area contributed by atoms with Crippen LogP contribution in [0.15, 0.2) is 28.7 Å². The van der Waals surface area contributed by atoms with Crippen LogP contribution in [0.2, 0.25) is 0 Å². The van der Waals surface area contributed by atoms with Gasteiger partial charge < -0.3 is 0 Å². The molecule has 0 unspecified atom stereocenters. The largest absolute Gasteiger partial charge is 0.299 e. The standard InChI is InChI=1S/C12H13BrO2.C8H14O2/c1-2-3-11(14)8-12(15)9-4-6-10(13)7-5-9;1-3-5-8(10)6-7(9)4-2/h4-7H,2-3,8H2,1H3;3-6H2,1-2H3. The predicted octanol–water partition coefficient (Wildman–Crippen LogP) is 5.12. The minimum atomic E-state index is -0.0963. The summed E-state index contributed by atoms with van der Waals surface area (Å²) in [6.45, 7) is 5.65. The average Bonchev–Trinajstić information content (AvgIpc) is 2.56. The van der Waals surface area contributed by atoms with E-state index in [4.69, 9.17) is 0 Å². The van der Waals surface area contributed by atoms with Crippen molar-refractivity contribution in [2.24, 2.45) is 0 Å². The molecule has 0 radical (unpaired) electrons. The summed E-state index contributed by atoms with van der Waals surface area (Å²) in [4.78, 5) is 44.3. The lowest BCUT2D eigenvalue weighted by Crippen LogP contribution is -2.07. The number of hydrogen-bond donors (Lipinski definition) is 0. The number of carbonyl (C=O) groups excluding carboxylic acids is 4. The molecule has 0 atom stereocenters. The van der Waals surface area contributed by atoms with Gasteiger partial charge in [0.15, 0.2) is 5.78 Å². The highest BCUT2D eigenvalue weighted by atomic mass is 79.9. The Bertz CT molecular complexity index is 576. The first kappa shape index (κ1) is 23.4. The van der Waals surface area contributed by atoms with Crippen molar-refractivity contribution < 1.29 is 19.2 Å². The molecule has 0 heterocycles. The van der Waals surface area contributed by atoms with Crippen LogP contribution in [0.25, 0.3) is 0 Å². The van der Waals surface area contributed by atoms with Crippen LogP contribution in [0.4, 0.5) is 0 Å².